The van der Waals surface area contributed by atoms with E-state index in [4.69, 9.17) is 0 Å². The first kappa shape index (κ1) is 14.0. The molecule has 3 heteroatoms. The van der Waals surface area contributed by atoms with Gasteiger partial charge in [-0.3, -0.25) is 0 Å². The van der Waals surface area contributed by atoms with Crippen LogP contribution in [0.2, 0.25) is 0 Å². The van der Waals surface area contributed by atoms with Crippen LogP contribution < -0.4 is 5.32 Å². The summed E-state index contributed by atoms with van der Waals surface area (Å²) in [7, 11) is 0. The maximum atomic E-state index is 3.59. The normalized spacial score (nSPS) is 20.9. The van der Waals surface area contributed by atoms with E-state index in [0.29, 0.717) is 0 Å². The topological polar surface area (TPSA) is 15.3 Å². The molecule has 1 aliphatic heterocycles. The third-order valence-corrected chi connectivity index (χ3v) is 4.38. The Morgan fingerprint density at radius 3 is 3.11 bits per heavy atom. The predicted octanol–water partition coefficient (Wildman–Crippen LogP) is 2.86. The van der Waals surface area contributed by atoms with Crippen molar-refractivity contribution in [3.8, 4) is 0 Å². The Kier molecular flexibility index (Phi) is 5.67. The lowest BCUT2D eigenvalue weighted by atomic mass is 10.1. The van der Waals surface area contributed by atoms with E-state index in [1.54, 1.807) is 0 Å². The van der Waals surface area contributed by atoms with Crippen molar-refractivity contribution < 1.29 is 0 Å². The predicted molar refractivity (Wildman–Crippen MR) is 80.3 cm³/mol. The molecule has 0 amide bonds. The molecule has 1 saturated heterocycles. The Bertz CT molecular complexity index is 321. The van der Waals surface area contributed by atoms with Gasteiger partial charge in [-0.15, -0.1) is 0 Å². The SMILES string of the molecule is CC(C)CNCC1CCN(CCc2ccsc2)C1. The summed E-state index contributed by atoms with van der Waals surface area (Å²) in [6, 6.07) is 2.25. The van der Waals surface area contributed by atoms with E-state index in [2.05, 4.69) is 40.9 Å². The molecule has 102 valence electrons. The summed E-state index contributed by atoms with van der Waals surface area (Å²) in [4.78, 5) is 2.62. The van der Waals surface area contributed by atoms with Crippen LogP contribution in [-0.2, 0) is 6.42 Å². The first-order valence-corrected chi connectivity index (χ1v) is 8.12. The maximum Gasteiger partial charge on any atom is 0.00224 e. The van der Waals surface area contributed by atoms with Gasteiger partial charge in [0.05, 0.1) is 0 Å². The Balaban J connectivity index is 1.59. The molecule has 0 spiro atoms. The van der Waals surface area contributed by atoms with Gasteiger partial charge in [-0.25, -0.2) is 0 Å². The molecule has 1 N–H and O–H groups in total. The van der Waals surface area contributed by atoms with Gasteiger partial charge in [-0.05, 0) is 66.7 Å². The Labute approximate surface area is 115 Å². The lowest BCUT2D eigenvalue weighted by molar-refractivity contribution is 0.324. The second-order valence-electron chi connectivity index (χ2n) is 5.89. The van der Waals surface area contributed by atoms with Crippen LogP contribution in [-0.4, -0.2) is 37.6 Å². The minimum absolute atomic E-state index is 0.765. The van der Waals surface area contributed by atoms with Crippen molar-refractivity contribution >= 4 is 11.3 Å². The van der Waals surface area contributed by atoms with Crippen LogP contribution in [0.4, 0.5) is 0 Å². The zero-order chi connectivity index (χ0) is 12.8. The molecule has 0 radical (unpaired) electrons. The molecule has 0 aromatic carbocycles. The molecular weight excluding hydrogens is 240 g/mol. The van der Waals surface area contributed by atoms with Crippen molar-refractivity contribution in [2.24, 2.45) is 11.8 Å². The van der Waals surface area contributed by atoms with Crippen LogP contribution in [0.1, 0.15) is 25.8 Å². The lowest BCUT2D eigenvalue weighted by Gasteiger charge is -2.16. The quantitative estimate of drug-likeness (QED) is 0.816. The molecule has 1 fully saturated rings. The first-order valence-electron chi connectivity index (χ1n) is 7.18. The van der Waals surface area contributed by atoms with Gasteiger partial charge in [-0.1, -0.05) is 13.8 Å². The van der Waals surface area contributed by atoms with Gasteiger partial charge in [0.15, 0.2) is 0 Å². The molecule has 2 heterocycles. The molecule has 1 aromatic rings. The summed E-state index contributed by atoms with van der Waals surface area (Å²) in [6.45, 7) is 10.7. The summed E-state index contributed by atoms with van der Waals surface area (Å²) in [5.74, 6) is 1.63. The molecule has 2 nitrogen and oxygen atoms in total. The molecule has 0 bridgehead atoms. The van der Waals surface area contributed by atoms with Crippen LogP contribution >= 0.6 is 11.3 Å². The van der Waals surface area contributed by atoms with E-state index in [9.17, 15) is 0 Å². The van der Waals surface area contributed by atoms with Crippen LogP contribution in [0.3, 0.4) is 0 Å². The second-order valence-corrected chi connectivity index (χ2v) is 6.67. The molecule has 1 unspecified atom stereocenters. The third-order valence-electron chi connectivity index (χ3n) is 3.65. The highest BCUT2D eigenvalue weighted by Gasteiger charge is 2.21. The average molecular weight is 266 g/mol. The molecule has 18 heavy (non-hydrogen) atoms. The number of hydrogen-bond acceptors (Lipinski definition) is 3. The summed E-state index contributed by atoms with van der Waals surface area (Å²) in [5.41, 5.74) is 1.50. The van der Waals surface area contributed by atoms with Gasteiger partial charge in [0.1, 0.15) is 0 Å². The van der Waals surface area contributed by atoms with Gasteiger partial charge < -0.3 is 10.2 Å². The second kappa shape index (κ2) is 7.27. The zero-order valence-corrected chi connectivity index (χ0v) is 12.5. The van der Waals surface area contributed by atoms with Crippen molar-refractivity contribution in [3.63, 3.8) is 0 Å². The van der Waals surface area contributed by atoms with Crippen LogP contribution in [0.5, 0.6) is 0 Å². The van der Waals surface area contributed by atoms with Gasteiger partial charge in [-0.2, -0.15) is 11.3 Å². The van der Waals surface area contributed by atoms with E-state index in [-0.39, 0.29) is 0 Å². The number of rotatable bonds is 7. The Hall–Kier alpha value is -0.380. The average Bonchev–Trinajstić information content (AvgIpc) is 2.96. The summed E-state index contributed by atoms with van der Waals surface area (Å²) >= 11 is 1.81. The van der Waals surface area contributed by atoms with Crippen molar-refractivity contribution in [1.82, 2.24) is 10.2 Å². The number of thiophene rings is 1. The van der Waals surface area contributed by atoms with Gasteiger partial charge in [0.25, 0.3) is 0 Å². The zero-order valence-electron chi connectivity index (χ0n) is 11.7. The van der Waals surface area contributed by atoms with E-state index >= 15 is 0 Å². The standard InChI is InChI=1S/C15H26N2S/c1-13(2)9-16-10-15-4-7-17(11-15)6-3-14-5-8-18-12-14/h5,8,12-13,15-16H,3-4,6-7,9-11H2,1-2H3. The fourth-order valence-corrected chi connectivity index (χ4v) is 3.28. The number of hydrogen-bond donors (Lipinski definition) is 1. The molecular formula is C15H26N2S. The maximum absolute atomic E-state index is 3.59. The van der Waals surface area contributed by atoms with Crippen molar-refractivity contribution in [3.05, 3.63) is 22.4 Å². The van der Waals surface area contributed by atoms with Crippen molar-refractivity contribution in [2.45, 2.75) is 26.7 Å². The fourth-order valence-electron chi connectivity index (χ4n) is 2.58. The monoisotopic (exact) mass is 266 g/mol. The highest BCUT2D eigenvalue weighted by atomic mass is 32.1. The van der Waals surface area contributed by atoms with Crippen LogP contribution in [0.15, 0.2) is 16.8 Å². The summed E-state index contributed by atoms with van der Waals surface area (Å²) in [5, 5.41) is 8.05. The van der Waals surface area contributed by atoms with E-state index in [1.807, 2.05) is 11.3 Å². The summed E-state index contributed by atoms with van der Waals surface area (Å²) < 4.78 is 0. The van der Waals surface area contributed by atoms with Gasteiger partial charge >= 0.3 is 0 Å². The van der Waals surface area contributed by atoms with Gasteiger partial charge in [0, 0.05) is 13.1 Å². The highest BCUT2D eigenvalue weighted by Crippen LogP contribution is 2.16. The molecule has 0 aliphatic carbocycles. The minimum Gasteiger partial charge on any atom is -0.316 e. The van der Waals surface area contributed by atoms with Crippen molar-refractivity contribution in [2.75, 3.05) is 32.7 Å². The third kappa shape index (κ3) is 4.71. The van der Waals surface area contributed by atoms with E-state index in [1.165, 1.54) is 44.6 Å². The minimum atomic E-state index is 0.765. The van der Waals surface area contributed by atoms with E-state index in [0.717, 1.165) is 18.4 Å². The lowest BCUT2D eigenvalue weighted by Crippen LogP contribution is -2.29. The molecule has 1 aromatic heterocycles. The molecule has 0 saturated carbocycles. The smallest absolute Gasteiger partial charge is 0.00224 e. The van der Waals surface area contributed by atoms with Gasteiger partial charge in [0.2, 0.25) is 0 Å². The number of likely N-dealkylation sites (tertiary alicyclic amines) is 1. The number of nitrogens with one attached hydrogen (secondary N) is 1. The van der Waals surface area contributed by atoms with Crippen LogP contribution in [0.25, 0.3) is 0 Å². The molecule has 2 rings (SSSR count). The van der Waals surface area contributed by atoms with Crippen molar-refractivity contribution in [1.29, 1.82) is 0 Å². The highest BCUT2D eigenvalue weighted by molar-refractivity contribution is 7.07. The fraction of sp³-hybridized carbons (Fsp3) is 0.733. The molecule has 1 aliphatic rings. The number of nitrogens with zero attached hydrogens (tertiary/aromatic N) is 1. The summed E-state index contributed by atoms with van der Waals surface area (Å²) in [6.07, 6.45) is 2.59. The van der Waals surface area contributed by atoms with E-state index < -0.39 is 0 Å². The van der Waals surface area contributed by atoms with Crippen LogP contribution in [0, 0.1) is 11.8 Å². The largest absolute Gasteiger partial charge is 0.316 e. The Morgan fingerprint density at radius 2 is 2.39 bits per heavy atom. The molecule has 1 atom stereocenters. The first-order chi connectivity index (χ1) is 8.74. The Morgan fingerprint density at radius 1 is 1.50 bits per heavy atom.